The molecule has 4 nitrogen and oxygen atoms in total. The number of piperazine rings is 1. The lowest BCUT2D eigenvalue weighted by Gasteiger charge is -2.37. The normalized spacial score (nSPS) is 18.6. The third kappa shape index (κ3) is 5.80. The zero-order valence-corrected chi connectivity index (χ0v) is 13.6. The maximum Gasteiger partial charge on any atom is 0.222 e. The highest BCUT2D eigenvalue weighted by atomic mass is 16.2. The molecule has 0 aromatic rings. The summed E-state index contributed by atoms with van der Waals surface area (Å²) in [5.74, 6) is 0.970. The van der Waals surface area contributed by atoms with Crippen LogP contribution < -0.4 is 5.73 Å². The molecule has 1 aliphatic heterocycles. The molecule has 1 saturated heterocycles. The minimum absolute atomic E-state index is 0.339. The Morgan fingerprint density at radius 1 is 1.10 bits per heavy atom. The molecule has 2 N–H and O–H groups in total. The van der Waals surface area contributed by atoms with E-state index < -0.39 is 0 Å². The van der Waals surface area contributed by atoms with Crippen molar-refractivity contribution in [2.75, 3.05) is 32.7 Å². The third-order valence-corrected chi connectivity index (χ3v) is 4.44. The van der Waals surface area contributed by atoms with Crippen molar-refractivity contribution in [1.29, 1.82) is 0 Å². The van der Waals surface area contributed by atoms with Crippen LogP contribution in [0.15, 0.2) is 0 Å². The molecule has 1 fully saturated rings. The van der Waals surface area contributed by atoms with Crippen LogP contribution >= 0.6 is 0 Å². The zero-order valence-electron chi connectivity index (χ0n) is 13.6. The Bertz CT molecular complexity index is 267. The van der Waals surface area contributed by atoms with Crippen molar-refractivity contribution in [2.45, 2.75) is 58.9 Å². The van der Waals surface area contributed by atoms with Crippen LogP contribution in [0.5, 0.6) is 0 Å². The fraction of sp³-hybridized carbons (Fsp3) is 0.938. The lowest BCUT2D eigenvalue weighted by Crippen LogP contribution is -2.50. The molecule has 0 bridgehead atoms. The minimum atomic E-state index is 0.339. The Balaban J connectivity index is 2.29. The molecule has 118 valence electrons. The zero-order chi connectivity index (χ0) is 15.0. The molecule has 1 rings (SSSR count). The van der Waals surface area contributed by atoms with Gasteiger partial charge in [0.15, 0.2) is 0 Å². The van der Waals surface area contributed by atoms with Gasteiger partial charge in [0.2, 0.25) is 5.91 Å². The van der Waals surface area contributed by atoms with E-state index in [-0.39, 0.29) is 0 Å². The van der Waals surface area contributed by atoms with E-state index in [9.17, 15) is 4.79 Å². The second kappa shape index (κ2) is 9.35. The quantitative estimate of drug-likeness (QED) is 0.742. The van der Waals surface area contributed by atoms with Crippen LogP contribution in [0.3, 0.4) is 0 Å². The maximum absolute atomic E-state index is 12.3. The summed E-state index contributed by atoms with van der Waals surface area (Å²) in [6.07, 6.45) is 5.15. The maximum atomic E-state index is 12.3. The molecule has 0 aliphatic carbocycles. The molecule has 1 unspecified atom stereocenters. The standard InChI is InChI=1S/C16H33N3O/c1-4-5-15(8-9-17)6-7-16(20)19-12-10-18(11-13-19)14(2)3/h14-15H,4-13,17H2,1-3H3. The topological polar surface area (TPSA) is 49.6 Å². The Hall–Kier alpha value is -0.610. The summed E-state index contributed by atoms with van der Waals surface area (Å²) < 4.78 is 0. The monoisotopic (exact) mass is 283 g/mol. The summed E-state index contributed by atoms with van der Waals surface area (Å²) in [7, 11) is 0. The Morgan fingerprint density at radius 3 is 2.25 bits per heavy atom. The molecule has 0 aromatic heterocycles. The first-order valence-electron chi connectivity index (χ1n) is 8.30. The number of hydrogen-bond donors (Lipinski definition) is 1. The molecule has 20 heavy (non-hydrogen) atoms. The van der Waals surface area contributed by atoms with Crippen molar-refractivity contribution in [3.63, 3.8) is 0 Å². The van der Waals surface area contributed by atoms with E-state index in [4.69, 9.17) is 5.73 Å². The van der Waals surface area contributed by atoms with Gasteiger partial charge in [0.05, 0.1) is 0 Å². The van der Waals surface area contributed by atoms with Gasteiger partial charge in [0.1, 0.15) is 0 Å². The smallest absolute Gasteiger partial charge is 0.222 e. The number of hydrogen-bond acceptors (Lipinski definition) is 3. The van der Waals surface area contributed by atoms with Gasteiger partial charge in [-0.25, -0.2) is 0 Å². The molecule has 0 saturated carbocycles. The number of nitrogens with two attached hydrogens (primary N) is 1. The summed E-state index contributed by atoms with van der Waals surface area (Å²) >= 11 is 0. The van der Waals surface area contributed by atoms with Crippen molar-refractivity contribution < 1.29 is 4.79 Å². The highest BCUT2D eigenvalue weighted by molar-refractivity contribution is 5.76. The number of nitrogens with zero attached hydrogens (tertiary/aromatic N) is 2. The van der Waals surface area contributed by atoms with E-state index >= 15 is 0 Å². The third-order valence-electron chi connectivity index (χ3n) is 4.44. The van der Waals surface area contributed by atoms with Crippen molar-refractivity contribution in [2.24, 2.45) is 11.7 Å². The molecule has 1 heterocycles. The predicted molar refractivity (Wildman–Crippen MR) is 84.6 cm³/mol. The van der Waals surface area contributed by atoms with Gasteiger partial charge in [-0.15, -0.1) is 0 Å². The lowest BCUT2D eigenvalue weighted by molar-refractivity contribution is -0.133. The molecule has 1 atom stereocenters. The van der Waals surface area contributed by atoms with E-state index in [2.05, 4.69) is 25.7 Å². The van der Waals surface area contributed by atoms with Crippen molar-refractivity contribution in [3.05, 3.63) is 0 Å². The average Bonchev–Trinajstić information content (AvgIpc) is 2.45. The SMILES string of the molecule is CCCC(CCN)CCC(=O)N1CCN(C(C)C)CC1. The van der Waals surface area contributed by atoms with Crippen molar-refractivity contribution in [1.82, 2.24) is 9.80 Å². The van der Waals surface area contributed by atoms with E-state index in [1.54, 1.807) is 0 Å². The summed E-state index contributed by atoms with van der Waals surface area (Å²) in [6.45, 7) is 11.2. The highest BCUT2D eigenvalue weighted by Gasteiger charge is 2.22. The number of rotatable bonds is 8. The summed E-state index contributed by atoms with van der Waals surface area (Å²) in [5.41, 5.74) is 5.65. The van der Waals surface area contributed by atoms with Gasteiger partial charge >= 0.3 is 0 Å². The Labute approximate surface area is 124 Å². The molecular weight excluding hydrogens is 250 g/mol. The van der Waals surface area contributed by atoms with E-state index in [1.807, 2.05) is 4.90 Å². The van der Waals surface area contributed by atoms with Gasteiger partial charge < -0.3 is 10.6 Å². The van der Waals surface area contributed by atoms with Gasteiger partial charge in [-0.3, -0.25) is 9.69 Å². The molecule has 0 aromatic carbocycles. The van der Waals surface area contributed by atoms with Crippen LogP contribution in [-0.4, -0.2) is 54.5 Å². The molecule has 1 amide bonds. The average molecular weight is 283 g/mol. The van der Waals surface area contributed by atoms with Crippen LogP contribution in [-0.2, 0) is 4.79 Å². The second-order valence-electron chi connectivity index (χ2n) is 6.28. The van der Waals surface area contributed by atoms with Crippen LogP contribution in [0, 0.1) is 5.92 Å². The molecular formula is C16H33N3O. The van der Waals surface area contributed by atoms with Gasteiger partial charge in [-0.05, 0) is 39.2 Å². The molecule has 0 spiro atoms. The largest absolute Gasteiger partial charge is 0.340 e. The number of amides is 1. The van der Waals surface area contributed by atoms with E-state index in [0.29, 0.717) is 24.3 Å². The van der Waals surface area contributed by atoms with Gasteiger partial charge in [0.25, 0.3) is 0 Å². The van der Waals surface area contributed by atoms with Crippen LogP contribution in [0.2, 0.25) is 0 Å². The summed E-state index contributed by atoms with van der Waals surface area (Å²) in [6, 6.07) is 0.589. The first-order chi connectivity index (χ1) is 9.58. The summed E-state index contributed by atoms with van der Waals surface area (Å²) in [5, 5.41) is 0. The van der Waals surface area contributed by atoms with Crippen molar-refractivity contribution >= 4 is 5.91 Å². The van der Waals surface area contributed by atoms with Crippen LogP contribution in [0.25, 0.3) is 0 Å². The molecule has 4 heteroatoms. The molecule has 1 aliphatic rings. The van der Waals surface area contributed by atoms with E-state index in [0.717, 1.165) is 45.6 Å². The van der Waals surface area contributed by atoms with E-state index in [1.165, 1.54) is 12.8 Å². The predicted octanol–water partition coefficient (Wildman–Crippen LogP) is 2.08. The minimum Gasteiger partial charge on any atom is -0.340 e. The number of carbonyl (C=O) groups excluding carboxylic acids is 1. The van der Waals surface area contributed by atoms with Gasteiger partial charge in [-0.1, -0.05) is 19.8 Å². The Kier molecular flexibility index (Phi) is 8.15. The first kappa shape index (κ1) is 17.4. The van der Waals surface area contributed by atoms with Crippen LogP contribution in [0.1, 0.15) is 52.9 Å². The van der Waals surface area contributed by atoms with Crippen molar-refractivity contribution in [3.8, 4) is 0 Å². The first-order valence-corrected chi connectivity index (χ1v) is 8.30. The highest BCUT2D eigenvalue weighted by Crippen LogP contribution is 2.18. The van der Waals surface area contributed by atoms with Crippen LogP contribution in [0.4, 0.5) is 0 Å². The summed E-state index contributed by atoms with van der Waals surface area (Å²) in [4.78, 5) is 16.8. The second-order valence-corrected chi connectivity index (χ2v) is 6.28. The fourth-order valence-corrected chi connectivity index (χ4v) is 3.05. The Morgan fingerprint density at radius 2 is 1.75 bits per heavy atom. The van der Waals surface area contributed by atoms with Gasteiger partial charge in [0, 0.05) is 38.6 Å². The fourth-order valence-electron chi connectivity index (χ4n) is 3.05. The van der Waals surface area contributed by atoms with Gasteiger partial charge in [-0.2, -0.15) is 0 Å². The lowest BCUT2D eigenvalue weighted by atomic mass is 9.94. The number of carbonyl (C=O) groups is 1. The molecule has 0 radical (unpaired) electrons.